The number of nitrogens with zero attached hydrogens (tertiary/aromatic N) is 5. The number of aromatic nitrogens is 5. The Balaban J connectivity index is 1.29. The highest BCUT2D eigenvalue weighted by Gasteiger charge is 2.12. The van der Waals surface area contributed by atoms with Crippen LogP contribution < -0.4 is 15.4 Å². The SMILES string of the molecule is CNc1nnc(-c2ccc(-c3cc(NCCn4c(C)cc5c(OC)cc(F)cc54)ncn3)cc2)s1. The minimum absolute atomic E-state index is 0.318. The summed E-state index contributed by atoms with van der Waals surface area (Å²) in [5.74, 6) is 0.941. The maximum Gasteiger partial charge on any atom is 0.205 e. The van der Waals surface area contributed by atoms with Crippen LogP contribution in [0.3, 0.4) is 0 Å². The van der Waals surface area contributed by atoms with Crippen molar-refractivity contribution in [2.24, 2.45) is 0 Å². The second kappa shape index (κ2) is 9.67. The van der Waals surface area contributed by atoms with Crippen LogP contribution in [0.4, 0.5) is 15.3 Å². The van der Waals surface area contributed by atoms with Gasteiger partial charge in [-0.1, -0.05) is 35.6 Å². The molecule has 0 amide bonds. The average Bonchev–Trinajstić information content (AvgIpc) is 3.48. The summed E-state index contributed by atoms with van der Waals surface area (Å²) in [6.45, 7) is 3.27. The molecule has 0 atom stereocenters. The van der Waals surface area contributed by atoms with Gasteiger partial charge < -0.3 is 19.9 Å². The van der Waals surface area contributed by atoms with Crippen LogP contribution in [-0.2, 0) is 6.54 Å². The number of benzene rings is 2. The van der Waals surface area contributed by atoms with E-state index in [1.165, 1.54) is 17.4 Å². The quantitative estimate of drug-likeness (QED) is 0.309. The number of rotatable bonds is 8. The molecule has 8 nitrogen and oxygen atoms in total. The Labute approximate surface area is 205 Å². The Morgan fingerprint density at radius 3 is 2.57 bits per heavy atom. The summed E-state index contributed by atoms with van der Waals surface area (Å²) in [4.78, 5) is 8.78. The van der Waals surface area contributed by atoms with Crippen molar-refractivity contribution in [1.82, 2.24) is 24.7 Å². The van der Waals surface area contributed by atoms with E-state index in [4.69, 9.17) is 4.74 Å². The lowest BCUT2D eigenvalue weighted by Gasteiger charge is -2.11. The van der Waals surface area contributed by atoms with E-state index in [0.717, 1.165) is 49.4 Å². The van der Waals surface area contributed by atoms with Gasteiger partial charge in [0.2, 0.25) is 5.13 Å². The number of hydrogen-bond acceptors (Lipinski definition) is 8. The topological polar surface area (TPSA) is 89.8 Å². The highest BCUT2D eigenvalue weighted by atomic mass is 32.1. The lowest BCUT2D eigenvalue weighted by molar-refractivity contribution is 0.416. The van der Waals surface area contributed by atoms with Gasteiger partial charge in [-0.15, -0.1) is 10.2 Å². The molecule has 0 radical (unpaired) electrons. The van der Waals surface area contributed by atoms with Crippen molar-refractivity contribution >= 4 is 33.2 Å². The smallest absolute Gasteiger partial charge is 0.205 e. The number of fused-ring (bicyclic) bond motifs is 1. The first-order chi connectivity index (χ1) is 17.1. The molecule has 35 heavy (non-hydrogen) atoms. The second-order valence-electron chi connectivity index (χ2n) is 7.93. The first kappa shape index (κ1) is 22.7. The van der Waals surface area contributed by atoms with Gasteiger partial charge in [0.05, 0.1) is 18.3 Å². The summed E-state index contributed by atoms with van der Waals surface area (Å²) in [5, 5.41) is 17.2. The van der Waals surface area contributed by atoms with Crippen molar-refractivity contribution in [3.8, 4) is 27.6 Å². The number of ether oxygens (including phenoxy) is 1. The zero-order valence-corrected chi connectivity index (χ0v) is 20.4. The molecule has 0 aliphatic rings. The first-order valence-corrected chi connectivity index (χ1v) is 11.9. The number of methoxy groups -OCH3 is 1. The molecular weight excluding hydrogens is 465 g/mol. The highest BCUT2D eigenvalue weighted by Crippen LogP contribution is 2.30. The van der Waals surface area contributed by atoms with E-state index in [1.54, 1.807) is 19.5 Å². The first-order valence-electron chi connectivity index (χ1n) is 11.1. The second-order valence-corrected chi connectivity index (χ2v) is 8.91. The highest BCUT2D eigenvalue weighted by molar-refractivity contribution is 7.18. The maximum absolute atomic E-state index is 14.1. The Morgan fingerprint density at radius 1 is 1.03 bits per heavy atom. The van der Waals surface area contributed by atoms with Crippen molar-refractivity contribution < 1.29 is 9.13 Å². The minimum Gasteiger partial charge on any atom is -0.496 e. The summed E-state index contributed by atoms with van der Waals surface area (Å²) in [6, 6.07) is 14.9. The van der Waals surface area contributed by atoms with E-state index in [0.29, 0.717) is 18.8 Å². The summed E-state index contributed by atoms with van der Waals surface area (Å²) < 4.78 is 21.5. The summed E-state index contributed by atoms with van der Waals surface area (Å²) in [7, 11) is 3.38. The molecule has 5 rings (SSSR count). The van der Waals surface area contributed by atoms with E-state index < -0.39 is 0 Å². The Morgan fingerprint density at radius 2 is 1.83 bits per heavy atom. The molecule has 3 aromatic heterocycles. The number of aryl methyl sites for hydroxylation is 1. The van der Waals surface area contributed by atoms with E-state index in [9.17, 15) is 4.39 Å². The van der Waals surface area contributed by atoms with Crippen LogP contribution in [0.25, 0.3) is 32.7 Å². The Hall–Kier alpha value is -4.05. The van der Waals surface area contributed by atoms with Gasteiger partial charge >= 0.3 is 0 Å². The molecule has 2 aromatic carbocycles. The van der Waals surface area contributed by atoms with Gasteiger partial charge in [-0.05, 0) is 19.1 Å². The van der Waals surface area contributed by atoms with Crippen LogP contribution in [0.2, 0.25) is 0 Å². The van der Waals surface area contributed by atoms with Gasteiger partial charge in [-0.2, -0.15) is 0 Å². The number of anilines is 2. The fourth-order valence-corrected chi connectivity index (χ4v) is 4.72. The van der Waals surface area contributed by atoms with Crippen LogP contribution in [0, 0.1) is 12.7 Å². The van der Waals surface area contributed by atoms with Crippen LogP contribution in [0.5, 0.6) is 5.75 Å². The number of halogens is 1. The minimum atomic E-state index is -0.318. The zero-order chi connectivity index (χ0) is 24.4. The molecular formula is C25H24FN7OS. The van der Waals surface area contributed by atoms with Gasteiger partial charge in [0, 0.05) is 54.5 Å². The molecule has 2 N–H and O–H groups in total. The third kappa shape index (κ3) is 4.65. The van der Waals surface area contributed by atoms with Crippen molar-refractivity contribution in [1.29, 1.82) is 0 Å². The van der Waals surface area contributed by atoms with Crippen LogP contribution in [-0.4, -0.2) is 45.4 Å². The third-order valence-electron chi connectivity index (χ3n) is 5.75. The van der Waals surface area contributed by atoms with Crippen LogP contribution in [0.15, 0.2) is 54.9 Å². The molecule has 0 fully saturated rings. The summed E-state index contributed by atoms with van der Waals surface area (Å²) >= 11 is 1.50. The molecule has 0 aliphatic heterocycles. The van der Waals surface area contributed by atoms with Crippen LogP contribution >= 0.6 is 11.3 Å². The lowest BCUT2D eigenvalue weighted by Crippen LogP contribution is -2.12. The van der Waals surface area contributed by atoms with E-state index in [-0.39, 0.29) is 5.82 Å². The summed E-state index contributed by atoms with van der Waals surface area (Å²) in [5.41, 5.74) is 4.64. The van der Waals surface area contributed by atoms with Gasteiger partial charge in [-0.3, -0.25) is 0 Å². The Bertz CT molecular complexity index is 1480. The lowest BCUT2D eigenvalue weighted by atomic mass is 10.1. The zero-order valence-electron chi connectivity index (χ0n) is 19.5. The third-order valence-corrected chi connectivity index (χ3v) is 6.74. The normalized spacial score (nSPS) is 11.1. The van der Waals surface area contributed by atoms with Gasteiger partial charge in [-0.25, -0.2) is 14.4 Å². The largest absolute Gasteiger partial charge is 0.496 e. The summed E-state index contributed by atoms with van der Waals surface area (Å²) in [6.07, 6.45) is 1.55. The van der Waals surface area contributed by atoms with Gasteiger partial charge in [0.25, 0.3) is 0 Å². The van der Waals surface area contributed by atoms with Crippen molar-refractivity contribution in [2.75, 3.05) is 31.3 Å². The molecule has 0 bridgehead atoms. The standard InChI is InChI=1S/C25H24FN7OS/c1-15-10-19-21(11-18(26)12-22(19)34-3)33(15)9-8-28-23-13-20(29-14-30-23)16-4-6-17(7-5-16)24-31-32-25(27-2)35-24/h4-7,10-14H,8-9H2,1-3H3,(H,27,32)(H,28,29,30). The Kier molecular flexibility index (Phi) is 6.28. The predicted octanol–water partition coefficient (Wildman–Crippen LogP) is 5.23. The average molecular weight is 490 g/mol. The van der Waals surface area contributed by atoms with E-state index >= 15 is 0 Å². The molecule has 10 heteroatoms. The molecule has 0 saturated carbocycles. The molecule has 3 heterocycles. The van der Waals surface area contributed by atoms with Crippen molar-refractivity contribution in [2.45, 2.75) is 13.5 Å². The molecule has 0 unspecified atom stereocenters. The molecule has 0 spiro atoms. The van der Waals surface area contributed by atoms with Gasteiger partial charge in [0.1, 0.15) is 28.7 Å². The maximum atomic E-state index is 14.1. The number of hydrogen-bond donors (Lipinski definition) is 2. The van der Waals surface area contributed by atoms with Crippen molar-refractivity contribution in [3.63, 3.8) is 0 Å². The monoisotopic (exact) mass is 489 g/mol. The van der Waals surface area contributed by atoms with Crippen molar-refractivity contribution in [3.05, 3.63) is 66.4 Å². The van der Waals surface area contributed by atoms with Crippen LogP contribution in [0.1, 0.15) is 5.69 Å². The van der Waals surface area contributed by atoms with Gasteiger partial charge in [0.15, 0.2) is 0 Å². The molecule has 178 valence electrons. The molecule has 5 aromatic rings. The number of nitrogens with one attached hydrogen (secondary N) is 2. The fraction of sp³-hybridized carbons (Fsp3) is 0.200. The van der Waals surface area contributed by atoms with E-state index in [1.807, 2.05) is 50.4 Å². The molecule has 0 saturated heterocycles. The molecule has 0 aliphatic carbocycles. The predicted molar refractivity (Wildman–Crippen MR) is 138 cm³/mol. The fourth-order valence-electron chi connectivity index (χ4n) is 4.02. The van der Waals surface area contributed by atoms with E-state index in [2.05, 4.69) is 35.4 Å².